The van der Waals surface area contributed by atoms with Crippen LogP contribution in [0, 0.1) is 17.3 Å². The number of hydrogen-bond donors (Lipinski definition) is 0. The lowest BCUT2D eigenvalue weighted by Gasteiger charge is -2.40. The van der Waals surface area contributed by atoms with Gasteiger partial charge < -0.3 is 4.90 Å². The van der Waals surface area contributed by atoms with E-state index >= 15 is 0 Å². The van der Waals surface area contributed by atoms with Crippen LogP contribution in [0.1, 0.15) is 57.9 Å². The molecule has 3 heteroatoms. The minimum atomic E-state index is 0.317. The summed E-state index contributed by atoms with van der Waals surface area (Å²) in [5.41, 5.74) is 4.79. The third kappa shape index (κ3) is 4.90. The van der Waals surface area contributed by atoms with Crippen molar-refractivity contribution in [1.29, 1.82) is 0 Å². The number of aryl methyl sites for hydroxylation is 1. The second-order valence-electron chi connectivity index (χ2n) is 10.7. The number of anilines is 1. The zero-order chi connectivity index (χ0) is 24.6. The summed E-state index contributed by atoms with van der Waals surface area (Å²) in [6, 6.07) is 17.6. The van der Waals surface area contributed by atoms with Crippen LogP contribution in [0.4, 0.5) is 5.69 Å². The van der Waals surface area contributed by atoms with E-state index in [9.17, 15) is 0 Å². The second kappa shape index (κ2) is 10.0. The average Bonchev–Trinajstić information content (AvgIpc) is 3.38. The molecule has 1 saturated carbocycles. The highest BCUT2D eigenvalue weighted by atomic mass is 32.2. The SMILES string of the molecule is CCc1c(C=C2CC(C)(C)CC(/C=C/C=C3/Sc4ccccc4N3CC)C2C)sc2ccccc12. The highest BCUT2D eigenvalue weighted by Gasteiger charge is 2.34. The highest BCUT2D eigenvalue weighted by molar-refractivity contribution is 8.03. The van der Waals surface area contributed by atoms with Crippen LogP contribution in [0.25, 0.3) is 16.2 Å². The molecule has 2 atom stereocenters. The molecule has 1 aliphatic heterocycles. The molecule has 0 radical (unpaired) electrons. The minimum absolute atomic E-state index is 0.317. The maximum atomic E-state index is 2.55. The molecule has 2 aliphatic rings. The predicted molar refractivity (Wildman–Crippen MR) is 157 cm³/mol. The predicted octanol–water partition coefficient (Wildman–Crippen LogP) is 9.95. The van der Waals surface area contributed by atoms with Gasteiger partial charge in [0.1, 0.15) is 0 Å². The van der Waals surface area contributed by atoms with Crippen molar-refractivity contribution in [2.24, 2.45) is 17.3 Å². The largest absolute Gasteiger partial charge is 0.335 e. The molecular formula is C32H37NS2. The van der Waals surface area contributed by atoms with E-state index in [1.807, 2.05) is 23.1 Å². The van der Waals surface area contributed by atoms with Gasteiger partial charge in [-0.1, -0.05) is 87.5 Å². The average molecular weight is 500 g/mol. The van der Waals surface area contributed by atoms with Gasteiger partial charge in [-0.05, 0) is 84.7 Å². The van der Waals surface area contributed by atoms with Crippen LogP contribution in [0.3, 0.4) is 0 Å². The number of benzene rings is 2. The van der Waals surface area contributed by atoms with Crippen molar-refractivity contribution in [3.8, 4) is 0 Å². The van der Waals surface area contributed by atoms with Crippen LogP contribution >= 0.6 is 23.1 Å². The van der Waals surface area contributed by atoms with Crippen molar-refractivity contribution in [1.82, 2.24) is 0 Å². The fraction of sp³-hybridized carbons (Fsp3) is 0.375. The first kappa shape index (κ1) is 24.5. The summed E-state index contributed by atoms with van der Waals surface area (Å²) in [7, 11) is 0. The Bertz CT molecular complexity index is 1310. The Hall–Kier alpha value is -2.23. The van der Waals surface area contributed by atoms with E-state index in [-0.39, 0.29) is 0 Å². The van der Waals surface area contributed by atoms with Crippen molar-refractivity contribution >= 4 is 44.9 Å². The van der Waals surface area contributed by atoms with Crippen LogP contribution in [-0.4, -0.2) is 6.54 Å². The fourth-order valence-electron chi connectivity index (χ4n) is 5.84. The monoisotopic (exact) mass is 499 g/mol. The number of nitrogens with zero attached hydrogens (tertiary/aromatic N) is 1. The third-order valence-electron chi connectivity index (χ3n) is 7.65. The molecule has 0 spiro atoms. The van der Waals surface area contributed by atoms with Gasteiger partial charge in [-0.15, -0.1) is 11.3 Å². The molecule has 2 aromatic carbocycles. The van der Waals surface area contributed by atoms with Gasteiger partial charge in [0.2, 0.25) is 0 Å². The quantitative estimate of drug-likeness (QED) is 0.343. The van der Waals surface area contributed by atoms with Gasteiger partial charge >= 0.3 is 0 Å². The smallest absolute Gasteiger partial charge is 0.0801 e. The lowest BCUT2D eigenvalue weighted by Crippen LogP contribution is -2.29. The number of para-hydroxylation sites is 1. The van der Waals surface area contributed by atoms with Crippen molar-refractivity contribution < 1.29 is 0 Å². The molecule has 0 bridgehead atoms. The van der Waals surface area contributed by atoms with E-state index in [1.54, 1.807) is 5.57 Å². The zero-order valence-electron chi connectivity index (χ0n) is 21.7. The molecule has 3 aromatic rings. The Morgan fingerprint density at radius 2 is 1.83 bits per heavy atom. The first-order valence-corrected chi connectivity index (χ1v) is 14.7. The number of allylic oxidation sites excluding steroid dienone is 4. The summed E-state index contributed by atoms with van der Waals surface area (Å²) in [4.78, 5) is 5.26. The van der Waals surface area contributed by atoms with Gasteiger partial charge in [0.25, 0.3) is 0 Å². The molecule has 5 rings (SSSR count). The van der Waals surface area contributed by atoms with Crippen LogP contribution in [-0.2, 0) is 6.42 Å². The second-order valence-corrected chi connectivity index (χ2v) is 12.9. The van der Waals surface area contributed by atoms with Crippen LogP contribution in [0.2, 0.25) is 0 Å². The summed E-state index contributed by atoms with van der Waals surface area (Å²) >= 11 is 3.85. The van der Waals surface area contributed by atoms with E-state index in [0.29, 0.717) is 17.3 Å². The summed E-state index contributed by atoms with van der Waals surface area (Å²) in [5.74, 6) is 1.12. The van der Waals surface area contributed by atoms with Gasteiger partial charge in [-0.2, -0.15) is 0 Å². The van der Waals surface area contributed by atoms with E-state index < -0.39 is 0 Å². The van der Waals surface area contributed by atoms with Gasteiger partial charge in [0, 0.05) is 21.0 Å². The Morgan fingerprint density at radius 3 is 2.63 bits per heavy atom. The molecule has 0 amide bonds. The molecule has 2 heterocycles. The molecule has 1 aliphatic carbocycles. The maximum absolute atomic E-state index is 2.55. The molecule has 1 aromatic heterocycles. The van der Waals surface area contributed by atoms with Crippen LogP contribution < -0.4 is 4.90 Å². The van der Waals surface area contributed by atoms with Crippen molar-refractivity contribution in [3.63, 3.8) is 0 Å². The van der Waals surface area contributed by atoms with Crippen LogP contribution in [0.15, 0.2) is 82.3 Å². The Balaban J connectivity index is 1.41. The van der Waals surface area contributed by atoms with Crippen molar-refractivity contribution in [2.75, 3.05) is 11.4 Å². The molecule has 2 unspecified atom stereocenters. The number of fused-ring (bicyclic) bond motifs is 2. The van der Waals surface area contributed by atoms with Gasteiger partial charge in [0.15, 0.2) is 0 Å². The first-order chi connectivity index (χ1) is 16.9. The molecule has 0 saturated heterocycles. The normalized spacial score (nSPS) is 24.2. The molecule has 0 N–H and O–H groups in total. The summed E-state index contributed by atoms with van der Waals surface area (Å²) in [6.07, 6.45) is 13.2. The molecule has 1 fully saturated rings. The van der Waals surface area contributed by atoms with E-state index in [1.165, 1.54) is 49.0 Å². The van der Waals surface area contributed by atoms with E-state index in [4.69, 9.17) is 0 Å². The summed E-state index contributed by atoms with van der Waals surface area (Å²) in [5, 5.41) is 2.77. The van der Waals surface area contributed by atoms with Gasteiger partial charge in [0.05, 0.1) is 10.7 Å². The Morgan fingerprint density at radius 1 is 1.06 bits per heavy atom. The first-order valence-electron chi connectivity index (χ1n) is 13.0. The Labute approximate surface area is 219 Å². The van der Waals surface area contributed by atoms with Crippen molar-refractivity contribution in [3.05, 3.63) is 87.8 Å². The van der Waals surface area contributed by atoms with E-state index in [0.717, 1.165) is 13.0 Å². The molecular weight excluding hydrogens is 462 g/mol. The topological polar surface area (TPSA) is 3.24 Å². The molecule has 1 nitrogen and oxygen atoms in total. The summed E-state index contributed by atoms with van der Waals surface area (Å²) in [6.45, 7) is 12.9. The number of hydrogen-bond acceptors (Lipinski definition) is 3. The number of thiophene rings is 1. The molecule has 35 heavy (non-hydrogen) atoms. The third-order valence-corrected chi connectivity index (χ3v) is 9.94. The zero-order valence-corrected chi connectivity index (χ0v) is 23.3. The lowest BCUT2D eigenvalue weighted by molar-refractivity contribution is 0.211. The fourth-order valence-corrected chi connectivity index (χ4v) is 8.26. The Kier molecular flexibility index (Phi) is 7.01. The summed E-state index contributed by atoms with van der Waals surface area (Å²) < 4.78 is 1.41. The highest BCUT2D eigenvalue weighted by Crippen LogP contribution is 2.48. The number of thioether (sulfide) groups is 1. The van der Waals surface area contributed by atoms with Gasteiger partial charge in [-0.25, -0.2) is 0 Å². The maximum Gasteiger partial charge on any atom is 0.0801 e. The van der Waals surface area contributed by atoms with Crippen LogP contribution in [0.5, 0.6) is 0 Å². The molecule has 182 valence electrons. The van der Waals surface area contributed by atoms with Crippen molar-refractivity contribution in [2.45, 2.75) is 58.8 Å². The minimum Gasteiger partial charge on any atom is -0.335 e. The lowest BCUT2D eigenvalue weighted by atomic mass is 9.65. The van der Waals surface area contributed by atoms with Gasteiger partial charge in [-0.3, -0.25) is 0 Å². The van der Waals surface area contributed by atoms with E-state index in [2.05, 4.69) is 112 Å². The standard InChI is InChI=1S/C32H37NS2/c1-6-25-26-14-8-10-16-28(26)34-30(25)19-24-21-32(4,5)20-23(22(24)3)13-12-18-31-33(7-2)27-15-9-11-17-29(27)35-31/h8-19,22-23H,6-7,20-21H2,1-5H3/b13-12+,24-19?,31-18+. The number of rotatable bonds is 5.